The molecule has 0 aliphatic carbocycles. The van der Waals surface area contributed by atoms with Crippen LogP contribution in [0.25, 0.3) is 0 Å². The molecule has 0 bridgehead atoms. The molecule has 1 saturated heterocycles. The molecular formula is C16H26N2O2S. The van der Waals surface area contributed by atoms with Gasteiger partial charge in [0.15, 0.2) is 0 Å². The van der Waals surface area contributed by atoms with Crippen LogP contribution < -0.4 is 5.32 Å². The van der Waals surface area contributed by atoms with Crippen LogP contribution >= 0.6 is 0 Å². The van der Waals surface area contributed by atoms with E-state index in [2.05, 4.69) is 19.2 Å². The summed E-state index contributed by atoms with van der Waals surface area (Å²) in [5, 5.41) is 3.40. The van der Waals surface area contributed by atoms with E-state index in [0.29, 0.717) is 18.0 Å². The molecule has 1 unspecified atom stereocenters. The topological polar surface area (TPSA) is 49.4 Å². The Morgan fingerprint density at radius 2 is 1.90 bits per heavy atom. The van der Waals surface area contributed by atoms with E-state index in [9.17, 15) is 8.42 Å². The monoisotopic (exact) mass is 310 g/mol. The lowest BCUT2D eigenvalue weighted by Crippen LogP contribution is -2.35. The van der Waals surface area contributed by atoms with Gasteiger partial charge < -0.3 is 5.32 Å². The maximum Gasteiger partial charge on any atom is 0.243 e. The molecule has 4 nitrogen and oxygen atoms in total. The van der Waals surface area contributed by atoms with Crippen LogP contribution in [0, 0.1) is 0 Å². The molecule has 0 radical (unpaired) electrons. The summed E-state index contributed by atoms with van der Waals surface area (Å²) in [4.78, 5) is 0.429. The van der Waals surface area contributed by atoms with E-state index in [1.807, 2.05) is 18.2 Å². The molecule has 1 heterocycles. The first-order valence-corrected chi connectivity index (χ1v) is 9.37. The van der Waals surface area contributed by atoms with E-state index < -0.39 is 10.0 Å². The summed E-state index contributed by atoms with van der Waals surface area (Å²) in [7, 11) is -3.34. The number of hydrogen-bond donors (Lipinski definition) is 1. The number of hydrogen-bond acceptors (Lipinski definition) is 3. The lowest BCUT2D eigenvalue weighted by molar-refractivity contribution is 0.346. The molecule has 1 N–H and O–H groups in total. The lowest BCUT2D eigenvalue weighted by Gasteiger charge is -2.26. The second-order valence-electron chi connectivity index (χ2n) is 5.56. The molecule has 118 valence electrons. The van der Waals surface area contributed by atoms with Crippen LogP contribution in [0.5, 0.6) is 0 Å². The number of piperidine rings is 1. The van der Waals surface area contributed by atoms with Gasteiger partial charge in [0.2, 0.25) is 10.0 Å². The van der Waals surface area contributed by atoms with Crippen LogP contribution in [0.15, 0.2) is 29.2 Å². The van der Waals surface area contributed by atoms with Gasteiger partial charge in [-0.25, -0.2) is 8.42 Å². The summed E-state index contributed by atoms with van der Waals surface area (Å²) in [5.74, 6) is 0. The smallest absolute Gasteiger partial charge is 0.243 e. The molecule has 1 atom stereocenters. The Hall–Kier alpha value is -0.910. The Labute approximate surface area is 128 Å². The van der Waals surface area contributed by atoms with Crippen molar-refractivity contribution in [3.05, 3.63) is 29.8 Å². The second-order valence-corrected chi connectivity index (χ2v) is 7.49. The fraction of sp³-hybridized carbons (Fsp3) is 0.625. The van der Waals surface area contributed by atoms with Gasteiger partial charge in [-0.3, -0.25) is 0 Å². The minimum absolute atomic E-state index is 0.214. The first-order chi connectivity index (χ1) is 10.1. The van der Waals surface area contributed by atoms with Crippen LogP contribution in [-0.2, 0) is 10.0 Å². The molecule has 0 amide bonds. The summed E-state index contributed by atoms with van der Waals surface area (Å²) in [6.45, 7) is 6.35. The molecule has 1 aliphatic rings. The molecule has 5 heteroatoms. The van der Waals surface area contributed by atoms with Crippen LogP contribution in [0.3, 0.4) is 0 Å². The molecule has 1 aromatic carbocycles. The molecule has 0 saturated carbocycles. The van der Waals surface area contributed by atoms with Crippen LogP contribution in [-0.4, -0.2) is 32.4 Å². The van der Waals surface area contributed by atoms with E-state index in [1.165, 1.54) is 0 Å². The molecule has 1 aromatic rings. The Kier molecular flexibility index (Phi) is 5.79. The predicted octanol–water partition coefficient (Wildman–Crippen LogP) is 2.92. The van der Waals surface area contributed by atoms with Crippen molar-refractivity contribution in [2.24, 2.45) is 0 Å². The minimum Gasteiger partial charge on any atom is -0.310 e. The number of benzene rings is 1. The maximum atomic E-state index is 12.7. The van der Waals surface area contributed by atoms with Crippen molar-refractivity contribution >= 4 is 10.0 Å². The van der Waals surface area contributed by atoms with Gasteiger partial charge in [0, 0.05) is 19.1 Å². The normalized spacial score (nSPS) is 18.6. The van der Waals surface area contributed by atoms with Crippen molar-refractivity contribution in [3.63, 3.8) is 0 Å². The van der Waals surface area contributed by atoms with Gasteiger partial charge >= 0.3 is 0 Å². The first-order valence-electron chi connectivity index (χ1n) is 7.93. The molecule has 21 heavy (non-hydrogen) atoms. The Morgan fingerprint density at radius 3 is 2.52 bits per heavy atom. The summed E-state index contributed by atoms with van der Waals surface area (Å²) in [6.07, 6.45) is 4.01. The third-order valence-electron chi connectivity index (χ3n) is 4.07. The molecular weight excluding hydrogens is 284 g/mol. The van der Waals surface area contributed by atoms with Gasteiger partial charge in [0.25, 0.3) is 0 Å². The highest BCUT2D eigenvalue weighted by Gasteiger charge is 2.26. The SMILES string of the molecule is CCNC(CC)c1cccc(S(=O)(=O)N2CCCCC2)c1. The molecule has 2 rings (SSSR count). The molecule has 0 spiro atoms. The zero-order valence-corrected chi connectivity index (χ0v) is 13.8. The number of nitrogens with zero attached hydrogens (tertiary/aromatic N) is 1. The predicted molar refractivity (Wildman–Crippen MR) is 85.8 cm³/mol. The van der Waals surface area contributed by atoms with E-state index in [1.54, 1.807) is 10.4 Å². The lowest BCUT2D eigenvalue weighted by atomic mass is 10.0. The fourth-order valence-electron chi connectivity index (χ4n) is 2.89. The highest BCUT2D eigenvalue weighted by molar-refractivity contribution is 7.89. The van der Waals surface area contributed by atoms with Crippen LogP contribution in [0.1, 0.15) is 51.1 Å². The number of sulfonamides is 1. The third kappa shape index (κ3) is 3.84. The highest BCUT2D eigenvalue weighted by Crippen LogP contribution is 2.24. The number of rotatable bonds is 6. The number of nitrogens with one attached hydrogen (secondary N) is 1. The Morgan fingerprint density at radius 1 is 1.19 bits per heavy atom. The fourth-order valence-corrected chi connectivity index (χ4v) is 4.46. The van der Waals surface area contributed by atoms with Gasteiger partial charge in [-0.2, -0.15) is 4.31 Å². The van der Waals surface area contributed by atoms with Crippen molar-refractivity contribution in [1.29, 1.82) is 0 Å². The maximum absolute atomic E-state index is 12.7. The zero-order chi connectivity index (χ0) is 15.3. The Bertz CT molecular complexity index is 551. The third-order valence-corrected chi connectivity index (χ3v) is 5.97. The molecule has 1 aliphatic heterocycles. The molecule has 1 fully saturated rings. The summed E-state index contributed by atoms with van der Waals surface area (Å²) in [6, 6.07) is 7.62. The average Bonchev–Trinajstić information content (AvgIpc) is 2.53. The van der Waals surface area contributed by atoms with Gasteiger partial charge in [0.1, 0.15) is 0 Å². The van der Waals surface area contributed by atoms with Crippen LogP contribution in [0.2, 0.25) is 0 Å². The van der Waals surface area contributed by atoms with E-state index >= 15 is 0 Å². The van der Waals surface area contributed by atoms with Crippen LogP contribution in [0.4, 0.5) is 0 Å². The molecule has 0 aromatic heterocycles. The summed E-state index contributed by atoms with van der Waals surface area (Å²) < 4.78 is 27.1. The van der Waals surface area contributed by atoms with Gasteiger partial charge in [-0.15, -0.1) is 0 Å². The zero-order valence-electron chi connectivity index (χ0n) is 13.0. The van der Waals surface area contributed by atoms with E-state index in [0.717, 1.165) is 37.8 Å². The van der Waals surface area contributed by atoms with E-state index in [-0.39, 0.29) is 6.04 Å². The average molecular weight is 310 g/mol. The van der Waals surface area contributed by atoms with Gasteiger partial charge in [-0.05, 0) is 43.5 Å². The summed E-state index contributed by atoms with van der Waals surface area (Å²) >= 11 is 0. The summed E-state index contributed by atoms with van der Waals surface area (Å²) in [5.41, 5.74) is 1.05. The largest absolute Gasteiger partial charge is 0.310 e. The highest BCUT2D eigenvalue weighted by atomic mass is 32.2. The van der Waals surface area contributed by atoms with Crippen molar-refractivity contribution in [1.82, 2.24) is 9.62 Å². The quantitative estimate of drug-likeness (QED) is 0.879. The second kappa shape index (κ2) is 7.38. The van der Waals surface area contributed by atoms with Crippen molar-refractivity contribution in [2.45, 2.75) is 50.5 Å². The minimum atomic E-state index is -3.34. The van der Waals surface area contributed by atoms with Gasteiger partial charge in [-0.1, -0.05) is 32.4 Å². The van der Waals surface area contributed by atoms with Crippen molar-refractivity contribution in [2.75, 3.05) is 19.6 Å². The first kappa shape index (κ1) is 16.5. The van der Waals surface area contributed by atoms with Gasteiger partial charge in [0.05, 0.1) is 4.90 Å². The standard InChI is InChI=1S/C16H26N2O2S/c1-3-16(17-4-2)14-9-8-10-15(13-14)21(19,20)18-11-6-5-7-12-18/h8-10,13,16-17H,3-7,11-12H2,1-2H3. The Balaban J connectivity index is 2.27. The van der Waals surface area contributed by atoms with Crippen molar-refractivity contribution in [3.8, 4) is 0 Å². The van der Waals surface area contributed by atoms with E-state index in [4.69, 9.17) is 0 Å². The van der Waals surface area contributed by atoms with Crippen molar-refractivity contribution < 1.29 is 8.42 Å².